The van der Waals surface area contributed by atoms with Crippen LogP contribution in [0.3, 0.4) is 0 Å². The number of sulfonamides is 1. The monoisotopic (exact) mass is 268 g/mol. The van der Waals surface area contributed by atoms with E-state index < -0.39 is 10.0 Å². The Labute approximate surface area is 109 Å². The van der Waals surface area contributed by atoms with Gasteiger partial charge in [-0.05, 0) is 50.1 Å². The van der Waals surface area contributed by atoms with Crippen molar-refractivity contribution in [1.82, 2.24) is 9.62 Å². The predicted molar refractivity (Wildman–Crippen MR) is 71.9 cm³/mol. The van der Waals surface area contributed by atoms with Crippen molar-refractivity contribution >= 4 is 10.0 Å². The first kappa shape index (κ1) is 13.5. The highest BCUT2D eigenvalue weighted by Crippen LogP contribution is 2.22. The van der Waals surface area contributed by atoms with Crippen LogP contribution in [0.5, 0.6) is 0 Å². The van der Waals surface area contributed by atoms with Gasteiger partial charge < -0.3 is 5.32 Å². The van der Waals surface area contributed by atoms with Gasteiger partial charge in [-0.1, -0.05) is 6.07 Å². The van der Waals surface area contributed by atoms with Crippen LogP contribution in [0.25, 0.3) is 0 Å². The minimum atomic E-state index is -3.29. The second kappa shape index (κ2) is 5.38. The molecule has 1 N–H and O–H groups in total. The molecule has 100 valence electrons. The molecule has 0 aliphatic carbocycles. The second-order valence-corrected chi connectivity index (χ2v) is 6.67. The van der Waals surface area contributed by atoms with Gasteiger partial charge in [0, 0.05) is 19.6 Å². The summed E-state index contributed by atoms with van der Waals surface area (Å²) in [5.74, 6) is 0. The summed E-state index contributed by atoms with van der Waals surface area (Å²) < 4.78 is 26.4. The average Bonchev–Trinajstić information content (AvgIpc) is 2.86. The summed E-state index contributed by atoms with van der Waals surface area (Å²) in [5.41, 5.74) is 2.16. The Hall–Kier alpha value is -0.910. The first-order valence-corrected chi connectivity index (χ1v) is 7.74. The van der Waals surface area contributed by atoms with Crippen LogP contribution >= 0.6 is 0 Å². The van der Waals surface area contributed by atoms with Crippen LogP contribution in [0.15, 0.2) is 23.1 Å². The molecule has 0 atom stereocenters. The van der Waals surface area contributed by atoms with E-state index in [1.54, 1.807) is 16.4 Å². The molecule has 18 heavy (non-hydrogen) atoms. The number of rotatable bonds is 4. The Morgan fingerprint density at radius 1 is 1.28 bits per heavy atom. The van der Waals surface area contributed by atoms with Crippen LogP contribution in [-0.4, -0.2) is 32.9 Å². The van der Waals surface area contributed by atoms with Crippen molar-refractivity contribution in [2.75, 3.05) is 20.1 Å². The maximum absolute atomic E-state index is 12.4. The molecule has 0 bridgehead atoms. The molecule has 1 fully saturated rings. The summed E-state index contributed by atoms with van der Waals surface area (Å²) in [5, 5.41) is 3.06. The van der Waals surface area contributed by atoms with Gasteiger partial charge in [0.2, 0.25) is 10.0 Å². The first-order chi connectivity index (χ1) is 8.55. The molecule has 5 heteroatoms. The van der Waals surface area contributed by atoms with E-state index in [-0.39, 0.29) is 0 Å². The third-order valence-corrected chi connectivity index (χ3v) is 5.29. The molecule has 2 rings (SSSR count). The van der Waals surface area contributed by atoms with E-state index in [0.29, 0.717) is 24.5 Å². The first-order valence-electron chi connectivity index (χ1n) is 6.30. The van der Waals surface area contributed by atoms with Crippen LogP contribution in [0.2, 0.25) is 0 Å². The molecule has 1 aliphatic rings. The number of hydrogen-bond donors (Lipinski definition) is 1. The Bertz CT molecular complexity index is 520. The molecule has 4 nitrogen and oxygen atoms in total. The lowest BCUT2D eigenvalue weighted by atomic mass is 10.1. The van der Waals surface area contributed by atoms with Crippen LogP contribution in [0.4, 0.5) is 0 Å². The molecular weight excluding hydrogens is 248 g/mol. The molecule has 1 heterocycles. The van der Waals surface area contributed by atoms with E-state index >= 15 is 0 Å². The molecule has 0 unspecified atom stereocenters. The smallest absolute Gasteiger partial charge is 0.243 e. The zero-order chi connectivity index (χ0) is 13.2. The summed E-state index contributed by atoms with van der Waals surface area (Å²) in [6.07, 6.45) is 1.93. The molecule has 1 aliphatic heterocycles. The van der Waals surface area contributed by atoms with Gasteiger partial charge in [-0.15, -0.1) is 0 Å². The quantitative estimate of drug-likeness (QED) is 0.900. The summed E-state index contributed by atoms with van der Waals surface area (Å²) in [7, 11) is -1.43. The minimum Gasteiger partial charge on any atom is -0.316 e. The van der Waals surface area contributed by atoms with E-state index in [4.69, 9.17) is 0 Å². The van der Waals surface area contributed by atoms with Gasteiger partial charge in [-0.25, -0.2) is 8.42 Å². The average molecular weight is 268 g/mol. The maximum Gasteiger partial charge on any atom is 0.243 e. The normalized spacial score (nSPS) is 17.2. The number of aryl methyl sites for hydroxylation is 1. The van der Waals surface area contributed by atoms with Crippen molar-refractivity contribution in [2.24, 2.45) is 0 Å². The van der Waals surface area contributed by atoms with Gasteiger partial charge in [-0.2, -0.15) is 4.31 Å². The molecule has 1 saturated heterocycles. The summed E-state index contributed by atoms with van der Waals surface area (Å²) >= 11 is 0. The maximum atomic E-state index is 12.4. The molecule has 0 saturated carbocycles. The minimum absolute atomic E-state index is 0.417. The highest BCUT2D eigenvalue weighted by Gasteiger charge is 2.27. The van der Waals surface area contributed by atoms with Crippen LogP contribution in [-0.2, 0) is 16.6 Å². The van der Waals surface area contributed by atoms with E-state index in [2.05, 4.69) is 5.32 Å². The highest BCUT2D eigenvalue weighted by atomic mass is 32.2. The fourth-order valence-corrected chi connectivity index (χ4v) is 3.83. The Morgan fingerprint density at radius 2 is 1.94 bits per heavy atom. The molecule has 1 aromatic carbocycles. The van der Waals surface area contributed by atoms with E-state index in [9.17, 15) is 8.42 Å². The molecule has 0 amide bonds. The SMILES string of the molecule is CNCc1cc(S(=O)(=O)N2CCCC2)ccc1C. The zero-order valence-corrected chi connectivity index (χ0v) is 11.8. The summed E-state index contributed by atoms with van der Waals surface area (Å²) in [4.78, 5) is 0.417. The molecule has 0 spiro atoms. The van der Waals surface area contributed by atoms with Crippen LogP contribution in [0.1, 0.15) is 24.0 Å². The number of hydrogen-bond acceptors (Lipinski definition) is 3. The van der Waals surface area contributed by atoms with Gasteiger partial charge in [0.15, 0.2) is 0 Å². The third kappa shape index (κ3) is 2.58. The lowest BCUT2D eigenvalue weighted by molar-refractivity contribution is 0.477. The van der Waals surface area contributed by atoms with Gasteiger partial charge in [0.25, 0.3) is 0 Å². The van der Waals surface area contributed by atoms with Gasteiger partial charge in [0.1, 0.15) is 0 Å². The standard InChI is InChI=1S/C13H20N2O2S/c1-11-5-6-13(9-12(11)10-14-2)18(16,17)15-7-3-4-8-15/h5-6,9,14H,3-4,7-8,10H2,1-2H3. The van der Waals surface area contributed by atoms with Crippen molar-refractivity contribution in [3.8, 4) is 0 Å². The molecule has 1 aromatic rings. The van der Waals surface area contributed by atoms with E-state index in [0.717, 1.165) is 24.0 Å². The number of benzene rings is 1. The number of nitrogens with zero attached hydrogens (tertiary/aromatic N) is 1. The largest absolute Gasteiger partial charge is 0.316 e. The van der Waals surface area contributed by atoms with Gasteiger partial charge in [0.05, 0.1) is 4.90 Å². The summed E-state index contributed by atoms with van der Waals surface area (Å²) in [6, 6.07) is 5.39. The lowest BCUT2D eigenvalue weighted by Gasteiger charge is -2.16. The lowest BCUT2D eigenvalue weighted by Crippen LogP contribution is -2.28. The zero-order valence-electron chi connectivity index (χ0n) is 10.9. The Morgan fingerprint density at radius 3 is 2.56 bits per heavy atom. The molecular formula is C13H20N2O2S. The van der Waals surface area contributed by atoms with Crippen LogP contribution in [0, 0.1) is 6.92 Å². The van der Waals surface area contributed by atoms with Crippen molar-refractivity contribution in [3.63, 3.8) is 0 Å². The molecule has 0 radical (unpaired) electrons. The predicted octanol–water partition coefficient (Wildman–Crippen LogP) is 1.50. The van der Waals surface area contributed by atoms with Crippen LogP contribution < -0.4 is 5.32 Å². The fourth-order valence-electron chi connectivity index (χ4n) is 2.27. The topological polar surface area (TPSA) is 49.4 Å². The third-order valence-electron chi connectivity index (χ3n) is 3.39. The van der Waals surface area contributed by atoms with Crippen molar-refractivity contribution in [3.05, 3.63) is 29.3 Å². The van der Waals surface area contributed by atoms with Crippen molar-refractivity contribution in [1.29, 1.82) is 0 Å². The van der Waals surface area contributed by atoms with E-state index in [1.807, 2.05) is 20.0 Å². The van der Waals surface area contributed by atoms with E-state index in [1.165, 1.54) is 0 Å². The van der Waals surface area contributed by atoms with Crippen molar-refractivity contribution < 1.29 is 8.42 Å². The van der Waals surface area contributed by atoms with Gasteiger partial charge in [-0.3, -0.25) is 0 Å². The van der Waals surface area contributed by atoms with Gasteiger partial charge >= 0.3 is 0 Å². The highest BCUT2D eigenvalue weighted by molar-refractivity contribution is 7.89. The Balaban J connectivity index is 2.35. The number of nitrogens with one attached hydrogen (secondary N) is 1. The molecule has 0 aromatic heterocycles. The second-order valence-electron chi connectivity index (χ2n) is 4.73. The fraction of sp³-hybridized carbons (Fsp3) is 0.538. The Kier molecular flexibility index (Phi) is 4.04. The van der Waals surface area contributed by atoms with Crippen molar-refractivity contribution in [2.45, 2.75) is 31.2 Å². The summed E-state index contributed by atoms with van der Waals surface area (Å²) in [6.45, 7) is 3.99.